The normalized spacial score (nSPS) is 20.8. The second-order valence-electron chi connectivity index (χ2n) is 7.41. The van der Waals surface area contributed by atoms with Crippen molar-refractivity contribution in [3.8, 4) is 0 Å². The van der Waals surface area contributed by atoms with Gasteiger partial charge in [0.2, 0.25) is 0 Å². The number of H-pyrrole nitrogens is 1. The highest BCUT2D eigenvalue weighted by Crippen LogP contribution is 2.45. The van der Waals surface area contributed by atoms with Gasteiger partial charge >= 0.3 is 6.03 Å². The number of anilines is 1. The zero-order chi connectivity index (χ0) is 20.3. The SMILES string of the molecule is C[C@@]12C(=O)N(c3ccccc3C(=O)NN)C(=O)N1CCc1c2[nH]c2ccccc12. The number of para-hydroxylation sites is 2. The number of hydrogen-bond acceptors (Lipinski definition) is 4. The fraction of sp³-hybridized carbons (Fsp3) is 0.190. The van der Waals surface area contributed by atoms with E-state index < -0.39 is 23.4 Å². The monoisotopic (exact) mass is 389 g/mol. The Kier molecular flexibility index (Phi) is 3.56. The minimum atomic E-state index is -1.17. The third-order valence-corrected chi connectivity index (χ3v) is 5.99. The van der Waals surface area contributed by atoms with Crippen molar-refractivity contribution in [2.24, 2.45) is 5.84 Å². The van der Waals surface area contributed by atoms with Crippen LogP contribution in [-0.2, 0) is 16.8 Å². The number of nitrogen functional groups attached to an aromatic ring is 1. The molecule has 2 aliphatic heterocycles. The van der Waals surface area contributed by atoms with E-state index in [1.807, 2.05) is 24.3 Å². The van der Waals surface area contributed by atoms with Crippen LogP contribution < -0.4 is 16.2 Å². The molecule has 8 nitrogen and oxygen atoms in total. The van der Waals surface area contributed by atoms with Gasteiger partial charge in [-0.05, 0) is 37.1 Å². The number of hydrazine groups is 1. The molecule has 5 rings (SSSR count). The van der Waals surface area contributed by atoms with Crippen molar-refractivity contribution in [3.05, 3.63) is 65.4 Å². The minimum Gasteiger partial charge on any atom is -0.356 e. The number of imide groups is 1. The molecule has 0 spiro atoms. The van der Waals surface area contributed by atoms with E-state index in [2.05, 4.69) is 10.4 Å². The van der Waals surface area contributed by atoms with Crippen LogP contribution in [0.5, 0.6) is 0 Å². The van der Waals surface area contributed by atoms with Gasteiger partial charge in [-0.3, -0.25) is 15.0 Å². The summed E-state index contributed by atoms with van der Waals surface area (Å²) in [6.45, 7) is 2.17. The zero-order valence-electron chi connectivity index (χ0n) is 15.7. The van der Waals surface area contributed by atoms with Crippen molar-refractivity contribution in [2.75, 3.05) is 11.4 Å². The van der Waals surface area contributed by atoms with Crippen molar-refractivity contribution in [2.45, 2.75) is 18.9 Å². The maximum Gasteiger partial charge on any atom is 0.332 e. The molecule has 0 aliphatic carbocycles. The van der Waals surface area contributed by atoms with E-state index in [1.54, 1.807) is 30.0 Å². The number of rotatable bonds is 2. The number of benzene rings is 2. The van der Waals surface area contributed by atoms with Crippen LogP contribution >= 0.6 is 0 Å². The first-order valence-corrected chi connectivity index (χ1v) is 9.34. The molecule has 2 aromatic carbocycles. The van der Waals surface area contributed by atoms with Crippen LogP contribution in [0.15, 0.2) is 48.5 Å². The topological polar surface area (TPSA) is 112 Å². The summed E-state index contributed by atoms with van der Waals surface area (Å²) in [5.41, 5.74) is 4.00. The lowest BCUT2D eigenvalue weighted by Gasteiger charge is -2.35. The second-order valence-corrected chi connectivity index (χ2v) is 7.41. The number of carbonyl (C=O) groups is 3. The first-order valence-electron chi connectivity index (χ1n) is 9.34. The fourth-order valence-corrected chi connectivity index (χ4v) is 4.54. The number of amides is 4. The molecule has 0 unspecified atom stereocenters. The van der Waals surface area contributed by atoms with E-state index in [-0.39, 0.29) is 11.3 Å². The third-order valence-electron chi connectivity index (χ3n) is 5.99. The Bertz CT molecular complexity index is 1200. The highest BCUT2D eigenvalue weighted by atomic mass is 16.2. The molecule has 3 aromatic rings. The van der Waals surface area contributed by atoms with Gasteiger partial charge in [0.15, 0.2) is 5.54 Å². The summed E-state index contributed by atoms with van der Waals surface area (Å²) in [6.07, 6.45) is 0.646. The summed E-state index contributed by atoms with van der Waals surface area (Å²) in [7, 11) is 0. The van der Waals surface area contributed by atoms with Gasteiger partial charge < -0.3 is 9.88 Å². The van der Waals surface area contributed by atoms with Crippen molar-refractivity contribution < 1.29 is 14.4 Å². The molecule has 4 N–H and O–H groups in total. The number of aromatic amines is 1. The van der Waals surface area contributed by atoms with Crippen molar-refractivity contribution >= 4 is 34.4 Å². The predicted octanol–water partition coefficient (Wildman–Crippen LogP) is 2.01. The van der Waals surface area contributed by atoms with Gasteiger partial charge in [0, 0.05) is 17.4 Å². The molecular formula is C21H19N5O3. The molecule has 8 heteroatoms. The number of urea groups is 1. The van der Waals surface area contributed by atoms with Gasteiger partial charge in [0.05, 0.1) is 16.9 Å². The molecule has 0 radical (unpaired) electrons. The van der Waals surface area contributed by atoms with E-state index in [4.69, 9.17) is 5.84 Å². The van der Waals surface area contributed by atoms with Gasteiger partial charge in [-0.2, -0.15) is 0 Å². The number of nitrogens with two attached hydrogens (primary N) is 1. The van der Waals surface area contributed by atoms with E-state index in [9.17, 15) is 14.4 Å². The summed E-state index contributed by atoms with van der Waals surface area (Å²) < 4.78 is 0. The minimum absolute atomic E-state index is 0.164. The molecule has 4 amide bonds. The van der Waals surface area contributed by atoms with Gasteiger partial charge in [-0.1, -0.05) is 30.3 Å². The molecule has 1 aromatic heterocycles. The lowest BCUT2D eigenvalue weighted by atomic mass is 9.87. The van der Waals surface area contributed by atoms with Crippen LogP contribution in [0.1, 0.15) is 28.5 Å². The van der Waals surface area contributed by atoms with Gasteiger partial charge in [-0.25, -0.2) is 15.5 Å². The van der Waals surface area contributed by atoms with E-state index in [0.29, 0.717) is 13.0 Å². The Labute approximate surface area is 166 Å². The molecule has 1 saturated heterocycles. The van der Waals surface area contributed by atoms with E-state index in [1.165, 1.54) is 6.07 Å². The molecule has 1 fully saturated rings. The third kappa shape index (κ3) is 2.14. The van der Waals surface area contributed by atoms with Crippen LogP contribution in [0, 0.1) is 0 Å². The maximum atomic E-state index is 13.7. The van der Waals surface area contributed by atoms with Crippen molar-refractivity contribution in [1.82, 2.24) is 15.3 Å². The summed E-state index contributed by atoms with van der Waals surface area (Å²) in [4.78, 5) is 45.2. The summed E-state index contributed by atoms with van der Waals surface area (Å²) in [6, 6.07) is 13.9. The lowest BCUT2D eigenvalue weighted by Crippen LogP contribution is -2.49. The molecular weight excluding hydrogens is 370 g/mol. The average molecular weight is 389 g/mol. The van der Waals surface area contributed by atoms with E-state index >= 15 is 0 Å². The fourth-order valence-electron chi connectivity index (χ4n) is 4.54. The lowest BCUT2D eigenvalue weighted by molar-refractivity contribution is -0.125. The zero-order valence-corrected chi connectivity index (χ0v) is 15.7. The predicted molar refractivity (Wildman–Crippen MR) is 107 cm³/mol. The summed E-state index contributed by atoms with van der Waals surface area (Å²) >= 11 is 0. The molecule has 29 heavy (non-hydrogen) atoms. The first-order chi connectivity index (χ1) is 14.0. The standard InChI is InChI=1S/C21H19N5O3/c1-21-17-13(12-6-2-4-8-15(12)23-17)10-11-25(21)20(29)26(19(21)28)16-9-5-3-7-14(16)18(27)24-22/h2-9,23H,10-11,22H2,1H3,(H,24,27)/t21-/m1/s1. The van der Waals surface area contributed by atoms with Crippen LogP contribution in [0.2, 0.25) is 0 Å². The van der Waals surface area contributed by atoms with E-state index in [0.717, 1.165) is 27.1 Å². The number of hydrogen-bond donors (Lipinski definition) is 3. The van der Waals surface area contributed by atoms with Gasteiger partial charge in [-0.15, -0.1) is 0 Å². The van der Waals surface area contributed by atoms with Crippen LogP contribution in [0.25, 0.3) is 10.9 Å². The Morgan fingerprint density at radius 2 is 1.86 bits per heavy atom. The molecule has 0 bridgehead atoms. The average Bonchev–Trinajstić information content (AvgIpc) is 3.22. The quantitative estimate of drug-likeness (QED) is 0.269. The Morgan fingerprint density at radius 3 is 2.66 bits per heavy atom. The molecule has 1 atom stereocenters. The van der Waals surface area contributed by atoms with Crippen LogP contribution in [0.4, 0.5) is 10.5 Å². The molecule has 0 saturated carbocycles. The molecule has 2 aliphatic rings. The summed E-state index contributed by atoms with van der Waals surface area (Å²) in [5.74, 6) is 4.32. The second kappa shape index (κ2) is 5.92. The van der Waals surface area contributed by atoms with Crippen molar-refractivity contribution in [1.29, 1.82) is 0 Å². The highest BCUT2D eigenvalue weighted by Gasteiger charge is 2.59. The number of fused-ring (bicyclic) bond motifs is 5. The highest BCUT2D eigenvalue weighted by molar-refractivity contribution is 6.25. The number of carbonyl (C=O) groups excluding carboxylic acids is 3. The first kappa shape index (κ1) is 17.4. The Morgan fingerprint density at radius 1 is 1.14 bits per heavy atom. The number of nitrogens with one attached hydrogen (secondary N) is 2. The molecule has 146 valence electrons. The number of nitrogens with zero attached hydrogens (tertiary/aromatic N) is 2. The molecule has 3 heterocycles. The Hall–Kier alpha value is -3.65. The Balaban J connectivity index is 1.69. The van der Waals surface area contributed by atoms with Crippen LogP contribution in [-0.4, -0.2) is 34.3 Å². The summed E-state index contributed by atoms with van der Waals surface area (Å²) in [5, 5.41) is 1.06. The van der Waals surface area contributed by atoms with Crippen LogP contribution in [0.3, 0.4) is 0 Å². The number of aromatic nitrogens is 1. The van der Waals surface area contributed by atoms with Gasteiger partial charge in [0.1, 0.15) is 0 Å². The van der Waals surface area contributed by atoms with Gasteiger partial charge in [0.25, 0.3) is 11.8 Å². The maximum absolute atomic E-state index is 13.7. The largest absolute Gasteiger partial charge is 0.356 e. The van der Waals surface area contributed by atoms with Crippen molar-refractivity contribution in [3.63, 3.8) is 0 Å². The smallest absolute Gasteiger partial charge is 0.332 e.